The van der Waals surface area contributed by atoms with Crippen LogP contribution in [0, 0.1) is 5.92 Å². The third-order valence-corrected chi connectivity index (χ3v) is 4.68. The molecule has 1 fully saturated rings. The third-order valence-electron chi connectivity index (χ3n) is 4.68. The fraction of sp³-hybridized carbons (Fsp3) is 0.529. The highest BCUT2D eigenvalue weighted by atomic mass is 16.5. The lowest BCUT2D eigenvalue weighted by atomic mass is 9.85. The second-order valence-electron chi connectivity index (χ2n) is 6.45. The van der Waals surface area contributed by atoms with Gasteiger partial charge in [-0.1, -0.05) is 32.1 Å². The number of hydrogen-bond donors (Lipinski definition) is 2. The van der Waals surface area contributed by atoms with Crippen molar-refractivity contribution in [3.8, 4) is 11.5 Å². The molecular weight excluding hydrogens is 336 g/mol. The maximum absolute atomic E-state index is 12.6. The van der Waals surface area contributed by atoms with Gasteiger partial charge in [-0.05, 0) is 29.7 Å². The molecule has 26 heavy (non-hydrogen) atoms. The molecule has 0 radical (unpaired) electrons. The number of nitrogens with one attached hydrogen (secondary N) is 2. The van der Waals surface area contributed by atoms with Gasteiger partial charge in [0.05, 0.1) is 7.11 Å². The number of hydrogen-bond acceptors (Lipinski definition) is 7. The summed E-state index contributed by atoms with van der Waals surface area (Å²) in [7, 11) is 1.34. The second kappa shape index (κ2) is 8.50. The Kier molecular flexibility index (Phi) is 5.88. The number of aromatic amines is 1. The van der Waals surface area contributed by atoms with E-state index in [1.807, 2.05) is 0 Å². The molecule has 2 aromatic heterocycles. The van der Waals surface area contributed by atoms with Crippen LogP contribution in [0.25, 0.3) is 11.5 Å². The van der Waals surface area contributed by atoms with Crippen molar-refractivity contribution >= 4 is 11.9 Å². The number of ether oxygens (including phenoxy) is 1. The number of H-pyrrole nitrogens is 1. The topological polar surface area (TPSA) is 123 Å². The Morgan fingerprint density at radius 2 is 2.15 bits per heavy atom. The van der Waals surface area contributed by atoms with Gasteiger partial charge in [0, 0.05) is 11.8 Å². The molecule has 1 aliphatic carbocycles. The molecule has 0 unspecified atom stereocenters. The van der Waals surface area contributed by atoms with E-state index in [2.05, 4.69) is 30.9 Å². The summed E-state index contributed by atoms with van der Waals surface area (Å²) in [6.45, 7) is 0. The number of methoxy groups -OCH3 is 1. The Hall–Kier alpha value is -2.84. The van der Waals surface area contributed by atoms with E-state index in [0.29, 0.717) is 29.4 Å². The lowest BCUT2D eigenvalue weighted by molar-refractivity contribution is -0.143. The number of nitrogens with zero attached hydrogens (tertiary/aromatic N) is 4. The van der Waals surface area contributed by atoms with Crippen LogP contribution in [-0.2, 0) is 9.53 Å². The maximum Gasteiger partial charge on any atom is 0.328 e. The van der Waals surface area contributed by atoms with Crippen LogP contribution in [-0.4, -0.2) is 50.6 Å². The summed E-state index contributed by atoms with van der Waals surface area (Å²) in [5, 5.41) is 16.3. The summed E-state index contributed by atoms with van der Waals surface area (Å²) >= 11 is 0. The van der Waals surface area contributed by atoms with Gasteiger partial charge >= 0.3 is 5.97 Å². The average Bonchev–Trinajstić information content (AvgIpc) is 3.22. The van der Waals surface area contributed by atoms with E-state index >= 15 is 0 Å². The first-order chi connectivity index (χ1) is 12.7. The van der Waals surface area contributed by atoms with E-state index in [4.69, 9.17) is 4.74 Å². The highest BCUT2D eigenvalue weighted by Gasteiger charge is 2.27. The first-order valence-electron chi connectivity index (χ1n) is 8.76. The van der Waals surface area contributed by atoms with Gasteiger partial charge in [0.15, 0.2) is 0 Å². The number of aromatic nitrogens is 5. The van der Waals surface area contributed by atoms with Crippen LogP contribution in [0.4, 0.5) is 0 Å². The highest BCUT2D eigenvalue weighted by molar-refractivity contribution is 5.97. The van der Waals surface area contributed by atoms with Crippen LogP contribution in [0.3, 0.4) is 0 Å². The summed E-state index contributed by atoms with van der Waals surface area (Å²) < 4.78 is 4.87. The molecule has 2 aromatic rings. The monoisotopic (exact) mass is 358 g/mol. The molecule has 9 heteroatoms. The average molecular weight is 358 g/mol. The van der Waals surface area contributed by atoms with Gasteiger partial charge in [0.25, 0.3) is 5.91 Å². The minimum atomic E-state index is -0.655. The zero-order chi connectivity index (χ0) is 18.4. The Morgan fingerprint density at radius 3 is 2.85 bits per heavy atom. The van der Waals surface area contributed by atoms with E-state index in [1.54, 1.807) is 12.1 Å². The number of carbonyl (C=O) groups is 2. The first-order valence-corrected chi connectivity index (χ1v) is 8.76. The normalized spacial score (nSPS) is 16.0. The number of pyridine rings is 1. The summed E-state index contributed by atoms with van der Waals surface area (Å²) in [4.78, 5) is 28.9. The van der Waals surface area contributed by atoms with Crippen molar-refractivity contribution in [3.63, 3.8) is 0 Å². The zero-order valence-corrected chi connectivity index (χ0v) is 14.6. The molecule has 2 heterocycles. The van der Waals surface area contributed by atoms with Gasteiger partial charge in [-0.2, -0.15) is 5.21 Å². The molecule has 1 atom stereocenters. The van der Waals surface area contributed by atoms with Gasteiger partial charge in [0.2, 0.25) is 5.82 Å². The summed E-state index contributed by atoms with van der Waals surface area (Å²) in [6, 6.07) is 2.49. The van der Waals surface area contributed by atoms with Crippen molar-refractivity contribution in [3.05, 3.63) is 23.9 Å². The van der Waals surface area contributed by atoms with Crippen LogP contribution in [0.5, 0.6) is 0 Å². The van der Waals surface area contributed by atoms with Gasteiger partial charge in [0.1, 0.15) is 11.7 Å². The quantitative estimate of drug-likeness (QED) is 0.750. The number of rotatable bonds is 6. The number of amides is 1. The molecule has 0 spiro atoms. The Morgan fingerprint density at radius 1 is 1.35 bits per heavy atom. The predicted octanol–water partition coefficient (Wildman–Crippen LogP) is 1.50. The van der Waals surface area contributed by atoms with Crippen molar-refractivity contribution in [1.29, 1.82) is 0 Å². The minimum absolute atomic E-state index is 0.298. The molecule has 9 nitrogen and oxygen atoms in total. The van der Waals surface area contributed by atoms with E-state index in [9.17, 15) is 9.59 Å². The van der Waals surface area contributed by atoms with Crippen molar-refractivity contribution < 1.29 is 14.3 Å². The fourth-order valence-corrected chi connectivity index (χ4v) is 3.32. The zero-order valence-electron chi connectivity index (χ0n) is 14.6. The van der Waals surface area contributed by atoms with Crippen molar-refractivity contribution in [1.82, 2.24) is 30.9 Å². The van der Waals surface area contributed by atoms with Crippen molar-refractivity contribution in [2.75, 3.05) is 7.11 Å². The molecule has 3 rings (SSSR count). The van der Waals surface area contributed by atoms with Crippen molar-refractivity contribution in [2.45, 2.75) is 44.6 Å². The van der Waals surface area contributed by atoms with E-state index in [0.717, 1.165) is 12.8 Å². The molecule has 1 amide bonds. The van der Waals surface area contributed by atoms with Crippen LogP contribution < -0.4 is 5.32 Å². The van der Waals surface area contributed by atoms with Gasteiger partial charge < -0.3 is 10.1 Å². The smallest absolute Gasteiger partial charge is 0.328 e. The SMILES string of the molecule is COC(=O)[C@H](CC1CCCCC1)NC(=O)c1ccnc(-c2nn[nH]n2)c1. The second-order valence-corrected chi connectivity index (χ2v) is 6.45. The highest BCUT2D eigenvalue weighted by Crippen LogP contribution is 2.27. The Balaban J connectivity index is 1.70. The minimum Gasteiger partial charge on any atom is -0.467 e. The molecule has 0 aromatic carbocycles. The molecule has 0 bridgehead atoms. The summed E-state index contributed by atoms with van der Waals surface area (Å²) in [5.41, 5.74) is 0.797. The molecule has 1 saturated carbocycles. The van der Waals surface area contributed by atoms with Crippen molar-refractivity contribution in [2.24, 2.45) is 5.92 Å². The van der Waals surface area contributed by atoms with Crippen LogP contribution in [0.15, 0.2) is 18.3 Å². The standard InChI is InChI=1S/C17H22N6O3/c1-26-17(25)14(9-11-5-3-2-4-6-11)19-16(24)12-7-8-18-13(10-12)15-20-22-23-21-15/h7-8,10-11,14H,2-6,9H2,1H3,(H,19,24)(H,20,21,22,23)/t14-/m0/s1. The molecule has 0 saturated heterocycles. The Bertz CT molecular complexity index is 743. The lowest BCUT2D eigenvalue weighted by Gasteiger charge is -2.25. The molecule has 2 N–H and O–H groups in total. The first kappa shape index (κ1) is 18.0. The summed E-state index contributed by atoms with van der Waals surface area (Å²) in [6.07, 6.45) is 7.84. The Labute approximate surface area is 150 Å². The largest absolute Gasteiger partial charge is 0.467 e. The maximum atomic E-state index is 12.6. The molecular formula is C17H22N6O3. The number of carbonyl (C=O) groups excluding carboxylic acids is 2. The van der Waals surface area contributed by atoms with Gasteiger partial charge in [-0.3, -0.25) is 9.78 Å². The van der Waals surface area contributed by atoms with Crippen LogP contribution in [0.2, 0.25) is 0 Å². The predicted molar refractivity (Wildman–Crippen MR) is 91.9 cm³/mol. The fourth-order valence-electron chi connectivity index (χ4n) is 3.32. The van der Waals surface area contributed by atoms with E-state index in [-0.39, 0.29) is 5.91 Å². The van der Waals surface area contributed by atoms with Crippen LogP contribution >= 0.6 is 0 Å². The number of esters is 1. The number of tetrazole rings is 1. The summed E-state index contributed by atoms with van der Waals surface area (Å²) in [5.74, 6) is -0.0495. The van der Waals surface area contributed by atoms with Gasteiger partial charge in [-0.25, -0.2) is 4.79 Å². The van der Waals surface area contributed by atoms with Gasteiger partial charge in [-0.15, -0.1) is 10.2 Å². The molecule has 138 valence electrons. The third kappa shape index (κ3) is 4.41. The van der Waals surface area contributed by atoms with Crippen LogP contribution in [0.1, 0.15) is 48.9 Å². The van der Waals surface area contributed by atoms with E-state index in [1.165, 1.54) is 32.6 Å². The lowest BCUT2D eigenvalue weighted by Crippen LogP contribution is -2.43. The molecule has 1 aliphatic rings. The van der Waals surface area contributed by atoms with E-state index < -0.39 is 12.0 Å². The molecule has 0 aliphatic heterocycles.